The number of rotatable bonds is 8. The van der Waals surface area contributed by atoms with Gasteiger partial charge in [-0.1, -0.05) is 13.8 Å². The molecular formula is C23H29NO5S. The lowest BCUT2D eigenvalue weighted by Crippen LogP contribution is -2.40. The second-order valence-electron chi connectivity index (χ2n) is 8.49. The van der Waals surface area contributed by atoms with Gasteiger partial charge in [-0.2, -0.15) is 0 Å². The summed E-state index contributed by atoms with van der Waals surface area (Å²) in [5.74, 6) is 3.42. The van der Waals surface area contributed by atoms with Gasteiger partial charge in [-0.15, -0.1) is 0 Å². The Labute approximate surface area is 178 Å². The highest BCUT2D eigenvalue weighted by molar-refractivity contribution is 7.91. The second kappa shape index (κ2) is 8.46. The molecule has 4 rings (SSSR count). The van der Waals surface area contributed by atoms with Crippen molar-refractivity contribution in [1.82, 2.24) is 4.90 Å². The number of amides is 1. The molecule has 0 spiro atoms. The predicted octanol–water partition coefficient (Wildman–Crippen LogP) is 4.02. The van der Waals surface area contributed by atoms with Crippen molar-refractivity contribution in [2.75, 3.05) is 18.1 Å². The average Bonchev–Trinajstić information content (AvgIpc) is 3.11. The molecule has 2 fully saturated rings. The Bertz CT molecular complexity index is 995. The van der Waals surface area contributed by atoms with E-state index >= 15 is 0 Å². The van der Waals surface area contributed by atoms with Crippen LogP contribution in [0.1, 0.15) is 60.9 Å². The van der Waals surface area contributed by atoms with Gasteiger partial charge < -0.3 is 14.1 Å². The van der Waals surface area contributed by atoms with Gasteiger partial charge in [0.1, 0.15) is 17.3 Å². The highest BCUT2D eigenvalue weighted by Gasteiger charge is 2.38. The molecule has 2 heterocycles. The minimum absolute atomic E-state index is 0.00363. The average molecular weight is 432 g/mol. The van der Waals surface area contributed by atoms with Crippen molar-refractivity contribution in [3.8, 4) is 5.75 Å². The molecule has 1 amide bonds. The van der Waals surface area contributed by atoms with E-state index in [4.69, 9.17) is 9.15 Å². The number of hydrogen-bond acceptors (Lipinski definition) is 5. The fourth-order valence-electron chi connectivity index (χ4n) is 4.03. The molecule has 162 valence electrons. The maximum Gasteiger partial charge on any atom is 0.254 e. The van der Waals surface area contributed by atoms with Gasteiger partial charge in [-0.3, -0.25) is 4.79 Å². The van der Waals surface area contributed by atoms with Crippen LogP contribution in [-0.2, 0) is 16.4 Å². The first-order valence-electron chi connectivity index (χ1n) is 10.7. The minimum Gasteiger partial charge on any atom is -0.494 e. The first-order valence-corrected chi connectivity index (χ1v) is 12.5. The van der Waals surface area contributed by atoms with E-state index in [0.717, 1.165) is 24.4 Å². The second-order valence-corrected chi connectivity index (χ2v) is 10.7. The summed E-state index contributed by atoms with van der Waals surface area (Å²) < 4.78 is 35.7. The van der Waals surface area contributed by atoms with Crippen molar-refractivity contribution in [3.05, 3.63) is 53.5 Å². The Morgan fingerprint density at radius 2 is 1.93 bits per heavy atom. The summed E-state index contributed by atoms with van der Waals surface area (Å²) in [6.45, 7) is 5.13. The molecule has 0 N–H and O–H groups in total. The van der Waals surface area contributed by atoms with Crippen molar-refractivity contribution < 1.29 is 22.4 Å². The van der Waals surface area contributed by atoms with Crippen LogP contribution in [0.5, 0.6) is 5.75 Å². The van der Waals surface area contributed by atoms with E-state index in [9.17, 15) is 13.2 Å². The molecule has 2 aromatic rings. The van der Waals surface area contributed by atoms with E-state index in [1.54, 1.807) is 29.2 Å². The third-order valence-corrected chi connectivity index (χ3v) is 7.72. The Morgan fingerprint density at radius 1 is 1.20 bits per heavy atom. The summed E-state index contributed by atoms with van der Waals surface area (Å²) in [6.07, 6.45) is 2.50. The van der Waals surface area contributed by atoms with E-state index in [1.807, 2.05) is 19.1 Å². The molecule has 7 heteroatoms. The molecule has 1 aromatic carbocycles. The minimum atomic E-state index is -3.12. The molecule has 1 aliphatic carbocycles. The first kappa shape index (κ1) is 21.0. The van der Waals surface area contributed by atoms with E-state index in [1.165, 1.54) is 0 Å². The quantitative estimate of drug-likeness (QED) is 0.631. The number of sulfone groups is 1. The summed E-state index contributed by atoms with van der Waals surface area (Å²) in [5.41, 5.74) is 0.519. The maximum atomic E-state index is 13.3. The van der Waals surface area contributed by atoms with Crippen LogP contribution in [0.2, 0.25) is 0 Å². The van der Waals surface area contributed by atoms with E-state index in [2.05, 4.69) is 6.92 Å². The highest BCUT2D eigenvalue weighted by Crippen LogP contribution is 2.47. The molecule has 0 bridgehead atoms. The van der Waals surface area contributed by atoms with Crippen molar-refractivity contribution in [2.24, 2.45) is 5.92 Å². The lowest BCUT2D eigenvalue weighted by Gasteiger charge is -2.27. The number of nitrogens with zero attached hydrogens (tertiary/aromatic N) is 1. The molecule has 2 aliphatic rings. The number of benzene rings is 1. The smallest absolute Gasteiger partial charge is 0.254 e. The highest BCUT2D eigenvalue weighted by atomic mass is 32.2. The molecule has 1 saturated heterocycles. The number of hydrogen-bond donors (Lipinski definition) is 0. The maximum absolute atomic E-state index is 13.3. The van der Waals surface area contributed by atoms with Crippen molar-refractivity contribution in [1.29, 1.82) is 0 Å². The number of carbonyl (C=O) groups is 1. The zero-order chi connectivity index (χ0) is 21.3. The summed E-state index contributed by atoms with van der Waals surface area (Å²) in [4.78, 5) is 15.0. The zero-order valence-electron chi connectivity index (χ0n) is 17.5. The summed E-state index contributed by atoms with van der Waals surface area (Å²) in [6, 6.07) is 10.6. The number of carbonyl (C=O) groups excluding carboxylic acids is 1. The van der Waals surface area contributed by atoms with Crippen LogP contribution in [-0.4, -0.2) is 43.4 Å². The van der Waals surface area contributed by atoms with Gasteiger partial charge >= 0.3 is 0 Å². The molecule has 1 saturated carbocycles. The summed E-state index contributed by atoms with van der Waals surface area (Å²) >= 11 is 0. The van der Waals surface area contributed by atoms with Gasteiger partial charge in [-0.25, -0.2) is 8.42 Å². The zero-order valence-corrected chi connectivity index (χ0v) is 18.4. The fourth-order valence-corrected chi connectivity index (χ4v) is 5.76. The molecule has 3 unspecified atom stereocenters. The lowest BCUT2D eigenvalue weighted by atomic mass is 10.1. The van der Waals surface area contributed by atoms with E-state index < -0.39 is 9.84 Å². The lowest BCUT2D eigenvalue weighted by molar-refractivity contribution is 0.0665. The van der Waals surface area contributed by atoms with Crippen LogP contribution >= 0.6 is 0 Å². The van der Waals surface area contributed by atoms with Crippen LogP contribution in [0.15, 0.2) is 40.8 Å². The first-order chi connectivity index (χ1) is 14.4. The summed E-state index contributed by atoms with van der Waals surface area (Å²) in [5, 5.41) is 0. The van der Waals surface area contributed by atoms with Gasteiger partial charge in [0.05, 0.1) is 24.7 Å². The summed E-state index contributed by atoms with van der Waals surface area (Å²) in [7, 11) is -3.12. The molecular weight excluding hydrogens is 402 g/mol. The molecule has 0 radical (unpaired) electrons. The number of ether oxygens (including phenoxy) is 1. The normalized spacial score (nSPS) is 24.5. The molecule has 1 aliphatic heterocycles. The fraction of sp³-hybridized carbons (Fsp3) is 0.522. The van der Waals surface area contributed by atoms with E-state index in [0.29, 0.717) is 36.2 Å². The van der Waals surface area contributed by atoms with Gasteiger partial charge in [0.25, 0.3) is 5.91 Å². The molecule has 30 heavy (non-hydrogen) atoms. The SMILES string of the molecule is CCCOc1ccc(C(=O)N(Cc2ccc(C3CC3C)o2)C2CCS(=O)(=O)C2)cc1. The largest absolute Gasteiger partial charge is 0.494 e. The monoisotopic (exact) mass is 431 g/mol. The van der Waals surface area contributed by atoms with Crippen molar-refractivity contribution in [3.63, 3.8) is 0 Å². The van der Waals surface area contributed by atoms with Gasteiger partial charge in [0.2, 0.25) is 0 Å². The van der Waals surface area contributed by atoms with Gasteiger partial charge in [0, 0.05) is 17.5 Å². The predicted molar refractivity (Wildman–Crippen MR) is 114 cm³/mol. The van der Waals surface area contributed by atoms with Crippen LogP contribution in [0.25, 0.3) is 0 Å². The Morgan fingerprint density at radius 3 is 2.53 bits per heavy atom. The van der Waals surface area contributed by atoms with Crippen LogP contribution in [0.3, 0.4) is 0 Å². The van der Waals surface area contributed by atoms with Crippen molar-refractivity contribution >= 4 is 15.7 Å². The third kappa shape index (κ3) is 4.72. The van der Waals surface area contributed by atoms with Gasteiger partial charge in [-0.05, 0) is 61.6 Å². The van der Waals surface area contributed by atoms with Crippen LogP contribution in [0, 0.1) is 5.92 Å². The van der Waals surface area contributed by atoms with Gasteiger partial charge in [0.15, 0.2) is 9.84 Å². The van der Waals surface area contributed by atoms with Crippen LogP contribution < -0.4 is 4.74 Å². The Kier molecular flexibility index (Phi) is 5.91. The topological polar surface area (TPSA) is 76.8 Å². The van der Waals surface area contributed by atoms with Crippen molar-refractivity contribution in [2.45, 2.75) is 51.6 Å². The standard InChI is InChI=1S/C23H29NO5S/c1-3-11-28-19-6-4-17(5-7-19)23(25)24(18-10-12-30(26,27)15-18)14-20-8-9-22(29-20)21-13-16(21)2/h4-9,16,18,21H,3,10-15H2,1-2H3. The number of furan rings is 1. The molecule has 1 aromatic heterocycles. The Balaban J connectivity index is 1.53. The van der Waals surface area contributed by atoms with E-state index in [-0.39, 0.29) is 30.0 Å². The van der Waals surface area contributed by atoms with Crippen LogP contribution in [0.4, 0.5) is 0 Å². The molecule has 6 nitrogen and oxygen atoms in total. The third-order valence-electron chi connectivity index (χ3n) is 5.97. The molecule has 3 atom stereocenters. The Hall–Kier alpha value is -2.28.